The lowest BCUT2D eigenvalue weighted by molar-refractivity contribution is 0.108. The van der Waals surface area contributed by atoms with Crippen LogP contribution in [0.2, 0.25) is 0 Å². The van der Waals surface area contributed by atoms with Crippen molar-refractivity contribution < 1.29 is 14.6 Å². The summed E-state index contributed by atoms with van der Waals surface area (Å²) in [5.74, 6) is 0. The highest BCUT2D eigenvalue weighted by Gasteiger charge is 2.17. The Labute approximate surface area is 95.2 Å². The summed E-state index contributed by atoms with van der Waals surface area (Å²) >= 11 is 0. The van der Waals surface area contributed by atoms with Crippen molar-refractivity contribution in [2.24, 2.45) is 0 Å². The van der Waals surface area contributed by atoms with Crippen LogP contribution >= 0.6 is 0 Å². The summed E-state index contributed by atoms with van der Waals surface area (Å²) in [5.41, 5.74) is 1.41. The van der Waals surface area contributed by atoms with Gasteiger partial charge in [0.1, 0.15) is 5.69 Å². The van der Waals surface area contributed by atoms with Crippen LogP contribution in [-0.2, 0) is 22.6 Å². The monoisotopic (exact) mass is 229 g/mol. The number of hydrogen-bond acceptors (Lipinski definition) is 5. The summed E-state index contributed by atoms with van der Waals surface area (Å²) in [7, 11) is 3.29. The molecule has 0 amide bonds. The molecule has 92 valence electrons. The molecular weight excluding hydrogens is 210 g/mol. The van der Waals surface area contributed by atoms with Gasteiger partial charge in [-0.1, -0.05) is 5.21 Å². The van der Waals surface area contributed by atoms with Crippen molar-refractivity contribution in [1.82, 2.24) is 15.0 Å². The first-order valence-electron chi connectivity index (χ1n) is 5.29. The molecule has 1 aromatic heterocycles. The number of aromatic nitrogens is 3. The first kappa shape index (κ1) is 13.1. The van der Waals surface area contributed by atoms with Crippen LogP contribution in [0.1, 0.15) is 30.8 Å². The van der Waals surface area contributed by atoms with Gasteiger partial charge in [-0.2, -0.15) is 0 Å². The molecule has 1 heterocycles. The number of rotatable bonds is 7. The van der Waals surface area contributed by atoms with Gasteiger partial charge in [0.25, 0.3) is 0 Å². The molecule has 0 aromatic carbocycles. The molecular formula is C10H19N3O3. The van der Waals surface area contributed by atoms with E-state index in [-0.39, 0.29) is 12.7 Å². The van der Waals surface area contributed by atoms with Gasteiger partial charge in [0.15, 0.2) is 0 Å². The van der Waals surface area contributed by atoms with Crippen LogP contribution in [0.4, 0.5) is 0 Å². The van der Waals surface area contributed by atoms with Gasteiger partial charge in [-0.3, -0.25) is 0 Å². The predicted molar refractivity (Wildman–Crippen MR) is 57.9 cm³/mol. The molecule has 0 saturated heterocycles. The maximum absolute atomic E-state index is 9.15. The molecule has 16 heavy (non-hydrogen) atoms. The van der Waals surface area contributed by atoms with Gasteiger partial charge >= 0.3 is 0 Å². The molecule has 6 heteroatoms. The Bertz CT molecular complexity index is 314. The van der Waals surface area contributed by atoms with E-state index in [2.05, 4.69) is 10.3 Å². The smallest absolute Gasteiger partial charge is 0.114 e. The predicted octanol–water partition coefficient (Wildman–Crippen LogP) is 0.514. The molecule has 1 aromatic rings. The fraction of sp³-hybridized carbons (Fsp3) is 0.800. The van der Waals surface area contributed by atoms with Gasteiger partial charge in [-0.05, 0) is 13.3 Å². The third kappa shape index (κ3) is 3.01. The molecule has 0 bridgehead atoms. The molecule has 1 atom stereocenters. The molecule has 0 aliphatic carbocycles. The summed E-state index contributed by atoms with van der Waals surface area (Å²) in [6.07, 6.45) is 0.730. The summed E-state index contributed by atoms with van der Waals surface area (Å²) < 4.78 is 12.0. The topological polar surface area (TPSA) is 69.4 Å². The third-order valence-corrected chi connectivity index (χ3v) is 2.45. The average Bonchev–Trinajstić information content (AvgIpc) is 2.71. The van der Waals surface area contributed by atoms with Gasteiger partial charge in [-0.15, -0.1) is 5.10 Å². The number of aryl methyl sites for hydroxylation is 1. The SMILES string of the molecule is COCCCn1nnc(CO)c1C(C)OC. The van der Waals surface area contributed by atoms with E-state index < -0.39 is 0 Å². The zero-order valence-corrected chi connectivity index (χ0v) is 10.0. The Morgan fingerprint density at radius 1 is 1.44 bits per heavy atom. The molecule has 1 unspecified atom stereocenters. The molecule has 0 spiro atoms. The van der Waals surface area contributed by atoms with Crippen LogP contribution < -0.4 is 0 Å². The highest BCUT2D eigenvalue weighted by Crippen LogP contribution is 2.19. The molecule has 0 fully saturated rings. The highest BCUT2D eigenvalue weighted by molar-refractivity contribution is 5.11. The molecule has 1 rings (SSSR count). The van der Waals surface area contributed by atoms with Gasteiger partial charge < -0.3 is 14.6 Å². The van der Waals surface area contributed by atoms with E-state index in [4.69, 9.17) is 14.6 Å². The van der Waals surface area contributed by atoms with Crippen LogP contribution in [0.3, 0.4) is 0 Å². The minimum Gasteiger partial charge on any atom is -0.390 e. The van der Waals surface area contributed by atoms with Crippen molar-refractivity contribution in [3.8, 4) is 0 Å². The van der Waals surface area contributed by atoms with Crippen molar-refractivity contribution in [1.29, 1.82) is 0 Å². The first-order valence-corrected chi connectivity index (χ1v) is 5.29. The number of hydrogen-bond donors (Lipinski definition) is 1. The Balaban J connectivity index is 2.78. The minimum absolute atomic E-state index is 0.118. The normalized spacial score (nSPS) is 13.0. The maximum Gasteiger partial charge on any atom is 0.114 e. The first-order chi connectivity index (χ1) is 7.74. The van der Waals surface area contributed by atoms with Crippen LogP contribution in [0, 0.1) is 0 Å². The lowest BCUT2D eigenvalue weighted by atomic mass is 10.2. The lowest BCUT2D eigenvalue weighted by Gasteiger charge is -2.12. The summed E-state index contributed by atoms with van der Waals surface area (Å²) in [6, 6.07) is 0. The average molecular weight is 229 g/mol. The van der Waals surface area contributed by atoms with Crippen LogP contribution in [-0.4, -0.2) is 40.9 Å². The van der Waals surface area contributed by atoms with Crippen LogP contribution in [0.25, 0.3) is 0 Å². The zero-order chi connectivity index (χ0) is 12.0. The third-order valence-electron chi connectivity index (χ3n) is 2.45. The summed E-state index contributed by atoms with van der Waals surface area (Å²) in [5, 5.41) is 17.1. The van der Waals surface area contributed by atoms with Crippen molar-refractivity contribution in [3.05, 3.63) is 11.4 Å². The van der Waals surface area contributed by atoms with Crippen LogP contribution in [0.5, 0.6) is 0 Å². The Morgan fingerprint density at radius 2 is 2.19 bits per heavy atom. The quantitative estimate of drug-likeness (QED) is 0.690. The Kier molecular flexibility index (Phi) is 5.37. The van der Waals surface area contributed by atoms with E-state index in [0.717, 1.165) is 12.1 Å². The highest BCUT2D eigenvalue weighted by atomic mass is 16.5. The van der Waals surface area contributed by atoms with E-state index in [1.54, 1.807) is 18.9 Å². The molecule has 0 aliphatic heterocycles. The van der Waals surface area contributed by atoms with E-state index in [1.165, 1.54) is 0 Å². The largest absolute Gasteiger partial charge is 0.390 e. The Morgan fingerprint density at radius 3 is 2.75 bits per heavy atom. The molecule has 0 saturated carbocycles. The van der Waals surface area contributed by atoms with E-state index in [1.807, 2.05) is 6.92 Å². The van der Waals surface area contributed by atoms with Crippen molar-refractivity contribution in [2.45, 2.75) is 32.6 Å². The maximum atomic E-state index is 9.15. The number of methoxy groups -OCH3 is 2. The van der Waals surface area contributed by atoms with E-state index >= 15 is 0 Å². The van der Waals surface area contributed by atoms with Gasteiger partial charge in [0.2, 0.25) is 0 Å². The number of ether oxygens (including phenoxy) is 2. The van der Waals surface area contributed by atoms with Gasteiger partial charge in [0.05, 0.1) is 18.4 Å². The molecule has 6 nitrogen and oxygen atoms in total. The molecule has 1 N–H and O–H groups in total. The molecule has 0 radical (unpaired) electrons. The minimum atomic E-state index is -0.125. The second-order valence-electron chi connectivity index (χ2n) is 3.53. The van der Waals surface area contributed by atoms with Crippen LogP contribution in [0.15, 0.2) is 0 Å². The number of nitrogens with zero attached hydrogens (tertiary/aromatic N) is 3. The number of aliphatic hydroxyl groups is 1. The zero-order valence-electron chi connectivity index (χ0n) is 10.0. The van der Waals surface area contributed by atoms with E-state index in [0.29, 0.717) is 18.8 Å². The van der Waals surface area contributed by atoms with Gasteiger partial charge in [0, 0.05) is 27.4 Å². The van der Waals surface area contributed by atoms with E-state index in [9.17, 15) is 0 Å². The summed E-state index contributed by atoms with van der Waals surface area (Å²) in [6.45, 7) is 3.18. The standard InChI is InChI=1S/C10H19N3O3/c1-8(16-3)10-9(7-14)11-12-13(10)5-4-6-15-2/h8,14H,4-7H2,1-3H3. The van der Waals surface area contributed by atoms with Crippen molar-refractivity contribution in [3.63, 3.8) is 0 Å². The fourth-order valence-corrected chi connectivity index (χ4v) is 1.55. The second kappa shape index (κ2) is 6.57. The second-order valence-corrected chi connectivity index (χ2v) is 3.53. The summed E-state index contributed by atoms with van der Waals surface area (Å²) in [4.78, 5) is 0. The Hall–Kier alpha value is -0.980. The lowest BCUT2D eigenvalue weighted by Crippen LogP contribution is -2.12. The van der Waals surface area contributed by atoms with Gasteiger partial charge in [-0.25, -0.2) is 4.68 Å². The fourth-order valence-electron chi connectivity index (χ4n) is 1.55. The van der Waals surface area contributed by atoms with Crippen molar-refractivity contribution in [2.75, 3.05) is 20.8 Å². The molecule has 0 aliphatic rings. The number of aliphatic hydroxyl groups excluding tert-OH is 1. The van der Waals surface area contributed by atoms with Crippen molar-refractivity contribution >= 4 is 0 Å².